The number of carbonyl (C=O) groups excluding carboxylic acids is 1. The molecule has 2 saturated heterocycles. The van der Waals surface area contributed by atoms with E-state index in [1.165, 1.54) is 17.2 Å². The molecule has 0 saturated carbocycles. The Morgan fingerprint density at radius 1 is 1.06 bits per heavy atom. The van der Waals surface area contributed by atoms with E-state index in [2.05, 4.69) is 20.3 Å². The van der Waals surface area contributed by atoms with E-state index in [4.69, 9.17) is 17.8 Å². The van der Waals surface area contributed by atoms with Gasteiger partial charge in [-0.25, -0.2) is 15.0 Å². The van der Waals surface area contributed by atoms with Gasteiger partial charge in [0.1, 0.15) is 37.4 Å². The Hall–Kier alpha value is -3.02. The molecule has 0 unspecified atom stereocenters. The van der Waals surface area contributed by atoms with Crippen molar-refractivity contribution in [2.45, 2.75) is 24.0 Å². The number of aromatic nitrogens is 4. The molecule has 3 atom stereocenters. The summed E-state index contributed by atoms with van der Waals surface area (Å²) in [6.45, 7) is -1.06. The Morgan fingerprint density at radius 3 is 2.36 bits per heavy atom. The Morgan fingerprint density at radius 2 is 1.72 bits per heavy atom. The molecule has 2 fully saturated rings. The van der Waals surface area contributed by atoms with E-state index in [0.717, 1.165) is 12.5 Å². The summed E-state index contributed by atoms with van der Waals surface area (Å²) in [6.07, 6.45) is 2.23. The minimum absolute atomic E-state index is 0.172. The normalized spacial score (nSPS) is 22.9. The number of rotatable bonds is 9. The number of amides is 1. The summed E-state index contributed by atoms with van der Waals surface area (Å²) in [7, 11) is -7.75. The van der Waals surface area contributed by atoms with Gasteiger partial charge in [-0.05, 0) is 12.1 Å². The van der Waals surface area contributed by atoms with Crippen molar-refractivity contribution in [1.29, 1.82) is 0 Å². The van der Waals surface area contributed by atoms with Gasteiger partial charge in [-0.3, -0.25) is 17.7 Å². The van der Waals surface area contributed by atoms with Crippen LogP contribution in [-0.2, 0) is 38.1 Å². The Balaban J connectivity index is 1.43. The average molecular weight is 540 g/mol. The molecule has 36 heavy (non-hydrogen) atoms. The molecular weight excluding hydrogens is 518 g/mol. The predicted molar refractivity (Wildman–Crippen MR) is 123 cm³/mol. The van der Waals surface area contributed by atoms with Gasteiger partial charge in [-0.2, -0.15) is 16.8 Å². The van der Waals surface area contributed by atoms with Gasteiger partial charge in [0.25, 0.3) is 26.1 Å². The van der Waals surface area contributed by atoms with E-state index in [1.54, 1.807) is 30.3 Å². The van der Waals surface area contributed by atoms with Crippen molar-refractivity contribution in [3.63, 3.8) is 0 Å². The number of imidazole rings is 1. The molecule has 2 aromatic heterocycles. The molecule has 0 aliphatic carbocycles. The van der Waals surface area contributed by atoms with Crippen LogP contribution in [0.25, 0.3) is 11.2 Å². The van der Waals surface area contributed by atoms with E-state index in [-0.39, 0.29) is 17.2 Å². The first-order valence-electron chi connectivity index (χ1n) is 10.5. The van der Waals surface area contributed by atoms with Crippen molar-refractivity contribution in [2.24, 2.45) is 0 Å². The van der Waals surface area contributed by atoms with Crippen LogP contribution in [-0.4, -0.2) is 85.8 Å². The molecule has 5 rings (SSSR count). The molecule has 3 aromatic rings. The monoisotopic (exact) mass is 539 g/mol. The van der Waals surface area contributed by atoms with Gasteiger partial charge < -0.3 is 14.8 Å². The average Bonchev–Trinajstić information content (AvgIpc) is 3.40. The molecule has 1 amide bonds. The molecule has 1 aromatic carbocycles. The highest BCUT2D eigenvalue weighted by molar-refractivity contribution is 7.86. The molecule has 4 heterocycles. The summed E-state index contributed by atoms with van der Waals surface area (Å²) < 4.78 is 69.7. The highest BCUT2D eigenvalue weighted by Crippen LogP contribution is 2.52. The highest BCUT2D eigenvalue weighted by Gasteiger charge is 2.68. The lowest BCUT2D eigenvalue weighted by Gasteiger charge is -2.30. The maximum absolute atomic E-state index is 12.6. The standard InChI is InChI=1S/C20H21N5O9S2/c1-35(27,28)31-8-20(9-32-36(2,29)30)15-14(33-15)19(34-20)25-11-23-13-16(21-10-22-17(13)25)24-18(26)12-6-4-3-5-7-12/h3-7,10-11,14-15,19H,8-9H2,1-2H3,(H,21,22,24,26)/t14-,15+,19+/m0/s1. The molecule has 2 aliphatic heterocycles. The van der Waals surface area contributed by atoms with Gasteiger partial charge in [0.2, 0.25) is 0 Å². The van der Waals surface area contributed by atoms with Crippen molar-refractivity contribution in [3.05, 3.63) is 48.5 Å². The zero-order valence-corrected chi connectivity index (χ0v) is 20.6. The second-order valence-corrected chi connectivity index (χ2v) is 11.7. The second kappa shape index (κ2) is 8.82. The summed E-state index contributed by atoms with van der Waals surface area (Å²) >= 11 is 0. The van der Waals surface area contributed by atoms with Crippen LogP contribution in [0.1, 0.15) is 16.6 Å². The minimum atomic E-state index is -3.87. The zero-order chi connectivity index (χ0) is 25.7. The summed E-state index contributed by atoms with van der Waals surface area (Å²) in [6, 6.07) is 8.56. The first-order chi connectivity index (χ1) is 17.0. The van der Waals surface area contributed by atoms with Gasteiger partial charge in [0.15, 0.2) is 23.2 Å². The van der Waals surface area contributed by atoms with Crippen molar-refractivity contribution in [1.82, 2.24) is 19.5 Å². The molecule has 192 valence electrons. The number of fused-ring (bicyclic) bond motifs is 2. The van der Waals surface area contributed by atoms with Crippen molar-refractivity contribution in [3.8, 4) is 0 Å². The van der Waals surface area contributed by atoms with E-state index in [1.807, 2.05) is 0 Å². The Kier molecular flexibility index (Phi) is 6.05. The minimum Gasteiger partial charge on any atom is -0.361 e. The van der Waals surface area contributed by atoms with Gasteiger partial charge in [-0.1, -0.05) is 18.2 Å². The number of hydrogen-bond acceptors (Lipinski definition) is 12. The summed E-state index contributed by atoms with van der Waals surface area (Å²) in [5.74, 6) is -0.214. The molecule has 0 radical (unpaired) electrons. The number of carbonyl (C=O) groups is 1. The predicted octanol–water partition coefficient (Wildman–Crippen LogP) is 0.0660. The van der Waals surface area contributed by atoms with Crippen LogP contribution in [0.5, 0.6) is 0 Å². The van der Waals surface area contributed by atoms with Crippen LogP contribution in [0, 0.1) is 0 Å². The van der Waals surface area contributed by atoms with Crippen molar-refractivity contribution >= 4 is 43.1 Å². The zero-order valence-electron chi connectivity index (χ0n) is 19.0. The van der Waals surface area contributed by atoms with Gasteiger partial charge in [0, 0.05) is 5.56 Å². The molecule has 0 bridgehead atoms. The fourth-order valence-electron chi connectivity index (χ4n) is 3.94. The summed E-state index contributed by atoms with van der Waals surface area (Å²) in [4.78, 5) is 25.3. The fraction of sp³-hybridized carbons (Fsp3) is 0.400. The van der Waals surface area contributed by atoms with Gasteiger partial charge in [0.05, 0.1) is 18.8 Å². The third kappa shape index (κ3) is 4.95. The van der Waals surface area contributed by atoms with Gasteiger partial charge in [-0.15, -0.1) is 0 Å². The summed E-state index contributed by atoms with van der Waals surface area (Å²) in [5, 5.41) is 2.71. The molecule has 14 nitrogen and oxygen atoms in total. The first-order valence-corrected chi connectivity index (χ1v) is 14.2. The lowest BCUT2D eigenvalue weighted by molar-refractivity contribution is -0.160. The van der Waals surface area contributed by atoms with Crippen LogP contribution in [0.3, 0.4) is 0 Å². The van der Waals surface area contributed by atoms with E-state index in [9.17, 15) is 21.6 Å². The third-order valence-electron chi connectivity index (χ3n) is 5.62. The van der Waals surface area contributed by atoms with E-state index >= 15 is 0 Å². The molecule has 16 heteroatoms. The van der Waals surface area contributed by atoms with Crippen LogP contribution < -0.4 is 5.32 Å². The summed E-state index contributed by atoms with van der Waals surface area (Å²) in [5.41, 5.74) is -0.523. The lowest BCUT2D eigenvalue weighted by Crippen LogP contribution is -2.46. The molecular formula is C20H21N5O9S2. The lowest BCUT2D eigenvalue weighted by atomic mass is 10.0. The van der Waals surface area contributed by atoms with Crippen LogP contribution >= 0.6 is 0 Å². The molecule has 0 spiro atoms. The molecule has 2 aliphatic rings. The fourth-order valence-corrected chi connectivity index (χ4v) is 4.77. The second-order valence-electron chi connectivity index (χ2n) is 8.39. The number of nitrogens with one attached hydrogen (secondary N) is 1. The number of ether oxygens (including phenoxy) is 2. The van der Waals surface area contributed by atoms with Crippen molar-refractivity contribution in [2.75, 3.05) is 31.0 Å². The maximum atomic E-state index is 12.6. The van der Waals surface area contributed by atoms with Crippen molar-refractivity contribution < 1.29 is 39.5 Å². The Bertz CT molecular complexity index is 1490. The van der Waals surface area contributed by atoms with Crippen LogP contribution in [0.2, 0.25) is 0 Å². The maximum Gasteiger partial charge on any atom is 0.264 e. The number of anilines is 1. The highest BCUT2D eigenvalue weighted by atomic mass is 32.2. The quantitative estimate of drug-likeness (QED) is 0.286. The number of benzene rings is 1. The van der Waals surface area contributed by atoms with Crippen LogP contribution in [0.15, 0.2) is 43.0 Å². The number of epoxide rings is 1. The van der Waals surface area contributed by atoms with Crippen LogP contribution in [0.4, 0.5) is 5.82 Å². The topological polar surface area (TPSA) is 181 Å². The first kappa shape index (κ1) is 24.7. The smallest absolute Gasteiger partial charge is 0.264 e. The SMILES string of the molecule is CS(=O)(=O)OCC1(COS(C)(=O)=O)O[C@@H](n2cnc3c(NC(=O)c4ccccc4)ncnc32)[C@H]2O[C@H]21. The van der Waals surface area contributed by atoms with E-state index in [0.29, 0.717) is 11.2 Å². The Labute approximate surface area is 205 Å². The number of hydrogen-bond donors (Lipinski definition) is 1. The largest absolute Gasteiger partial charge is 0.361 e. The number of nitrogens with zero attached hydrogens (tertiary/aromatic N) is 4. The van der Waals surface area contributed by atoms with E-state index < -0.39 is 57.5 Å². The molecule has 1 N–H and O–H groups in total. The van der Waals surface area contributed by atoms with Gasteiger partial charge >= 0.3 is 0 Å². The third-order valence-corrected chi connectivity index (χ3v) is 6.71.